The van der Waals surface area contributed by atoms with Gasteiger partial charge in [0, 0.05) is 5.39 Å². The van der Waals surface area contributed by atoms with Gasteiger partial charge in [-0.25, -0.2) is 4.98 Å². The van der Waals surface area contributed by atoms with E-state index in [-0.39, 0.29) is 0 Å². The molecule has 0 bridgehead atoms. The molecule has 0 fully saturated rings. The highest BCUT2D eigenvalue weighted by atomic mass is 127. The summed E-state index contributed by atoms with van der Waals surface area (Å²) in [7, 11) is 0. The van der Waals surface area contributed by atoms with Crippen LogP contribution in [0.15, 0.2) is 36.7 Å². The Balaban J connectivity index is 2.36. The first-order chi connectivity index (χ1) is 9.20. The molecule has 96 valence electrons. The van der Waals surface area contributed by atoms with Crippen LogP contribution in [0.5, 0.6) is 0 Å². The quantitative estimate of drug-likeness (QED) is 0.391. The highest BCUT2D eigenvalue weighted by molar-refractivity contribution is 14.1. The fraction of sp³-hybridized carbons (Fsp3) is 0.0769. The van der Waals surface area contributed by atoms with Crippen LogP contribution in [-0.4, -0.2) is 14.5 Å². The van der Waals surface area contributed by atoms with Gasteiger partial charge in [0.05, 0.1) is 22.8 Å². The van der Waals surface area contributed by atoms with E-state index in [4.69, 9.17) is 11.6 Å². The first-order valence-electron chi connectivity index (χ1n) is 5.54. The Kier molecular flexibility index (Phi) is 3.95. The van der Waals surface area contributed by atoms with Crippen LogP contribution in [0.4, 0.5) is 0 Å². The minimum atomic E-state index is 0.403. The number of imidazole rings is 1. The van der Waals surface area contributed by atoms with E-state index in [1.54, 1.807) is 0 Å². The molecular formula is C13H8ClI2N3. The summed E-state index contributed by atoms with van der Waals surface area (Å²) in [6, 6.07) is 10.1. The number of para-hydroxylation sites is 1. The Hall–Kier alpha value is -0.410. The van der Waals surface area contributed by atoms with Gasteiger partial charge in [-0.05, 0) is 57.3 Å². The summed E-state index contributed by atoms with van der Waals surface area (Å²) in [5, 5.41) is 1.10. The third-order valence-corrected chi connectivity index (χ3v) is 5.94. The van der Waals surface area contributed by atoms with Crippen LogP contribution in [0.25, 0.3) is 16.6 Å². The molecule has 3 aromatic rings. The molecule has 0 spiro atoms. The number of fused-ring (bicyclic) bond motifs is 1. The molecule has 3 nitrogen and oxygen atoms in total. The van der Waals surface area contributed by atoms with E-state index in [2.05, 4.69) is 65.8 Å². The predicted molar refractivity (Wildman–Crippen MR) is 93.9 cm³/mol. The lowest BCUT2D eigenvalue weighted by molar-refractivity contribution is 1.03. The lowest BCUT2D eigenvalue weighted by Crippen LogP contribution is -2.00. The molecule has 0 aliphatic rings. The van der Waals surface area contributed by atoms with Crippen LogP contribution in [0.1, 0.15) is 5.69 Å². The molecule has 0 amide bonds. The van der Waals surface area contributed by atoms with Crippen molar-refractivity contribution in [2.24, 2.45) is 0 Å². The average Bonchev–Trinajstić information content (AvgIpc) is 2.78. The van der Waals surface area contributed by atoms with Gasteiger partial charge in [-0.2, -0.15) is 0 Å². The standard InChI is InChI=1S/C13H8ClI2N3/c14-6-8-5-11(19-7-17-12(15)13(19)16)9-3-1-2-4-10(9)18-8/h1-5,7H,6H2. The molecule has 1 aromatic carbocycles. The summed E-state index contributed by atoms with van der Waals surface area (Å²) in [5.41, 5.74) is 2.89. The molecule has 2 heterocycles. The summed E-state index contributed by atoms with van der Waals surface area (Å²) in [6.45, 7) is 0. The van der Waals surface area contributed by atoms with Gasteiger partial charge in [0.1, 0.15) is 13.7 Å². The summed E-state index contributed by atoms with van der Waals surface area (Å²) < 4.78 is 4.16. The average molecular weight is 495 g/mol. The maximum absolute atomic E-state index is 5.94. The zero-order valence-electron chi connectivity index (χ0n) is 9.65. The molecule has 0 aliphatic heterocycles. The van der Waals surface area contributed by atoms with Crippen LogP contribution in [0.2, 0.25) is 0 Å². The minimum absolute atomic E-state index is 0.403. The Morgan fingerprint density at radius 3 is 2.68 bits per heavy atom. The SMILES string of the molecule is ClCc1cc(-n2cnc(I)c2I)c2ccccc2n1. The highest BCUT2D eigenvalue weighted by Crippen LogP contribution is 2.26. The summed E-state index contributed by atoms with van der Waals surface area (Å²) >= 11 is 10.5. The van der Waals surface area contributed by atoms with Crippen LogP contribution >= 0.6 is 56.8 Å². The molecule has 2 aromatic heterocycles. The first-order valence-corrected chi connectivity index (χ1v) is 8.23. The van der Waals surface area contributed by atoms with Crippen LogP contribution in [0.3, 0.4) is 0 Å². The topological polar surface area (TPSA) is 30.7 Å². The van der Waals surface area contributed by atoms with Crippen molar-refractivity contribution in [2.45, 2.75) is 5.88 Å². The van der Waals surface area contributed by atoms with E-state index in [0.717, 1.165) is 29.7 Å². The van der Waals surface area contributed by atoms with Gasteiger partial charge in [0.25, 0.3) is 0 Å². The summed E-state index contributed by atoms with van der Waals surface area (Å²) in [6.07, 6.45) is 1.84. The van der Waals surface area contributed by atoms with Crippen molar-refractivity contribution in [3.8, 4) is 5.69 Å². The van der Waals surface area contributed by atoms with Gasteiger partial charge >= 0.3 is 0 Å². The Labute approximate surface area is 142 Å². The number of alkyl halides is 1. The van der Waals surface area contributed by atoms with Gasteiger partial charge in [-0.3, -0.25) is 9.55 Å². The van der Waals surface area contributed by atoms with E-state index in [1.165, 1.54) is 0 Å². The van der Waals surface area contributed by atoms with Crippen molar-refractivity contribution >= 4 is 67.7 Å². The second kappa shape index (κ2) is 5.53. The van der Waals surface area contributed by atoms with Gasteiger partial charge < -0.3 is 0 Å². The second-order valence-corrected chi connectivity index (χ2v) is 6.29. The van der Waals surface area contributed by atoms with Crippen molar-refractivity contribution in [3.05, 3.63) is 49.8 Å². The van der Waals surface area contributed by atoms with Gasteiger partial charge in [0.2, 0.25) is 0 Å². The van der Waals surface area contributed by atoms with Gasteiger partial charge in [0.15, 0.2) is 0 Å². The fourth-order valence-corrected chi connectivity index (χ4v) is 3.00. The van der Waals surface area contributed by atoms with Crippen molar-refractivity contribution in [2.75, 3.05) is 0 Å². The third kappa shape index (κ3) is 2.47. The van der Waals surface area contributed by atoms with Crippen molar-refractivity contribution in [1.29, 1.82) is 0 Å². The summed E-state index contributed by atoms with van der Waals surface area (Å²) in [4.78, 5) is 8.89. The Morgan fingerprint density at radius 1 is 1.21 bits per heavy atom. The van der Waals surface area contributed by atoms with Crippen molar-refractivity contribution in [1.82, 2.24) is 14.5 Å². The fourth-order valence-electron chi connectivity index (χ4n) is 1.96. The molecule has 0 N–H and O–H groups in total. The van der Waals surface area contributed by atoms with Gasteiger partial charge in [-0.15, -0.1) is 11.6 Å². The van der Waals surface area contributed by atoms with E-state index in [9.17, 15) is 0 Å². The first kappa shape index (κ1) is 13.6. The maximum Gasteiger partial charge on any atom is 0.133 e. The Morgan fingerprint density at radius 2 is 2.00 bits per heavy atom. The van der Waals surface area contributed by atoms with Crippen LogP contribution in [-0.2, 0) is 5.88 Å². The number of hydrogen-bond donors (Lipinski definition) is 0. The summed E-state index contributed by atoms with van der Waals surface area (Å²) in [5.74, 6) is 0.403. The lowest BCUT2D eigenvalue weighted by atomic mass is 10.1. The molecule has 0 aliphatic carbocycles. The number of pyridine rings is 1. The molecule has 6 heteroatoms. The molecule has 0 atom stereocenters. The maximum atomic E-state index is 5.94. The van der Waals surface area contributed by atoms with E-state index in [0.29, 0.717) is 5.88 Å². The molecule has 0 unspecified atom stereocenters. The van der Waals surface area contributed by atoms with E-state index < -0.39 is 0 Å². The number of benzene rings is 1. The number of aromatic nitrogens is 3. The molecule has 3 rings (SSSR count). The van der Waals surface area contributed by atoms with E-state index in [1.807, 2.05) is 30.6 Å². The zero-order chi connectivity index (χ0) is 13.4. The zero-order valence-corrected chi connectivity index (χ0v) is 14.7. The number of rotatable bonds is 2. The van der Waals surface area contributed by atoms with Crippen molar-refractivity contribution in [3.63, 3.8) is 0 Å². The number of nitrogens with zero attached hydrogens (tertiary/aromatic N) is 3. The molecule has 19 heavy (non-hydrogen) atoms. The van der Waals surface area contributed by atoms with Crippen LogP contribution < -0.4 is 0 Å². The molecule has 0 saturated heterocycles. The second-order valence-electron chi connectivity index (χ2n) is 3.98. The largest absolute Gasteiger partial charge is 0.292 e. The van der Waals surface area contributed by atoms with Crippen LogP contribution in [0, 0.1) is 7.40 Å². The van der Waals surface area contributed by atoms with Crippen molar-refractivity contribution < 1.29 is 0 Å². The Bertz CT molecular complexity index is 755. The van der Waals surface area contributed by atoms with Gasteiger partial charge in [-0.1, -0.05) is 18.2 Å². The smallest absolute Gasteiger partial charge is 0.133 e. The predicted octanol–water partition coefficient (Wildman–Crippen LogP) is 4.37. The third-order valence-electron chi connectivity index (χ3n) is 2.81. The number of hydrogen-bond acceptors (Lipinski definition) is 2. The number of halogens is 3. The lowest BCUT2D eigenvalue weighted by Gasteiger charge is -2.10. The minimum Gasteiger partial charge on any atom is -0.292 e. The monoisotopic (exact) mass is 495 g/mol. The van der Waals surface area contributed by atoms with E-state index >= 15 is 0 Å². The highest BCUT2D eigenvalue weighted by Gasteiger charge is 2.11. The normalized spacial score (nSPS) is 11.1. The molecular weight excluding hydrogens is 487 g/mol. The molecule has 0 saturated carbocycles. The molecule has 0 radical (unpaired) electrons.